The van der Waals surface area contributed by atoms with Gasteiger partial charge in [0.25, 0.3) is 0 Å². The minimum absolute atomic E-state index is 0.0426. The Morgan fingerprint density at radius 3 is 2.91 bits per heavy atom. The van der Waals surface area contributed by atoms with Gasteiger partial charge in [0.1, 0.15) is 11.9 Å². The first-order valence-electron chi connectivity index (χ1n) is 7.57. The number of aliphatic hydroxyl groups is 3. The van der Waals surface area contributed by atoms with Crippen molar-refractivity contribution in [3.8, 4) is 5.75 Å². The zero-order chi connectivity index (χ0) is 15.7. The van der Waals surface area contributed by atoms with Crippen molar-refractivity contribution in [3.63, 3.8) is 0 Å². The number of hydrogen-bond donors (Lipinski definition) is 3. The van der Waals surface area contributed by atoms with Gasteiger partial charge in [-0.2, -0.15) is 0 Å². The molecule has 0 amide bonds. The highest BCUT2D eigenvalue weighted by atomic mass is 16.7. The third-order valence-electron chi connectivity index (χ3n) is 4.43. The van der Waals surface area contributed by atoms with Crippen LogP contribution in [-0.4, -0.2) is 54.0 Å². The van der Waals surface area contributed by atoms with Crippen molar-refractivity contribution >= 4 is 0 Å². The third kappa shape index (κ3) is 2.51. The second-order valence-electron chi connectivity index (χ2n) is 5.79. The van der Waals surface area contributed by atoms with Crippen LogP contribution >= 0.6 is 0 Å². The maximum atomic E-state index is 10.5. The highest BCUT2D eigenvalue weighted by molar-refractivity contribution is 5.40. The molecule has 0 unspecified atom stereocenters. The van der Waals surface area contributed by atoms with E-state index in [4.69, 9.17) is 19.3 Å². The Morgan fingerprint density at radius 2 is 2.18 bits per heavy atom. The van der Waals surface area contributed by atoms with Crippen LogP contribution in [0.1, 0.15) is 24.0 Å². The van der Waals surface area contributed by atoms with Crippen molar-refractivity contribution in [2.24, 2.45) is 0 Å². The van der Waals surface area contributed by atoms with Gasteiger partial charge < -0.3 is 29.5 Å². The molecule has 0 aliphatic carbocycles. The molecule has 3 N–H and O–H groups in total. The van der Waals surface area contributed by atoms with E-state index in [-0.39, 0.29) is 19.1 Å². The van der Waals surface area contributed by atoms with E-state index >= 15 is 0 Å². The molecule has 122 valence electrons. The predicted molar refractivity (Wildman–Crippen MR) is 77.5 cm³/mol. The standard InChI is InChI=1S/C16H22O6/c1-20-11-2-3-13-10(8-11)5-7-21-16(13)15(19)14(18)9-12(22-16)4-6-17/h2-3,8,12,14-15,17-19H,4-7,9H2,1H3/t12-,14+,15-,16+/m1/s1. The number of benzene rings is 1. The smallest absolute Gasteiger partial charge is 0.225 e. The van der Waals surface area contributed by atoms with Crippen molar-refractivity contribution in [2.45, 2.75) is 43.4 Å². The largest absolute Gasteiger partial charge is 0.497 e. The summed E-state index contributed by atoms with van der Waals surface area (Å²) in [5.74, 6) is -0.647. The normalized spacial score (nSPS) is 34.5. The maximum Gasteiger partial charge on any atom is 0.225 e. The number of hydrogen-bond acceptors (Lipinski definition) is 6. The van der Waals surface area contributed by atoms with Gasteiger partial charge in [-0.05, 0) is 36.6 Å². The summed E-state index contributed by atoms with van der Waals surface area (Å²) in [5.41, 5.74) is 1.69. The molecule has 6 nitrogen and oxygen atoms in total. The van der Waals surface area contributed by atoms with Crippen molar-refractivity contribution in [2.75, 3.05) is 20.3 Å². The van der Waals surface area contributed by atoms with Gasteiger partial charge in [0, 0.05) is 18.6 Å². The summed E-state index contributed by atoms with van der Waals surface area (Å²) in [5, 5.41) is 29.9. The second-order valence-corrected chi connectivity index (χ2v) is 5.79. The van der Waals surface area contributed by atoms with Crippen molar-refractivity contribution in [3.05, 3.63) is 29.3 Å². The molecule has 1 saturated heterocycles. The van der Waals surface area contributed by atoms with Crippen LogP contribution in [0.4, 0.5) is 0 Å². The van der Waals surface area contributed by atoms with Gasteiger partial charge in [0.2, 0.25) is 5.79 Å². The van der Waals surface area contributed by atoms with Gasteiger partial charge in [-0.25, -0.2) is 0 Å². The number of methoxy groups -OCH3 is 1. The summed E-state index contributed by atoms with van der Waals surface area (Å²) in [6, 6.07) is 5.50. The number of aliphatic hydroxyl groups excluding tert-OH is 3. The fourth-order valence-corrected chi connectivity index (χ4v) is 3.31. The van der Waals surface area contributed by atoms with Crippen LogP contribution in [0.3, 0.4) is 0 Å². The Labute approximate surface area is 129 Å². The zero-order valence-corrected chi connectivity index (χ0v) is 12.6. The van der Waals surface area contributed by atoms with Crippen LogP contribution in [-0.2, 0) is 21.7 Å². The van der Waals surface area contributed by atoms with Crippen LogP contribution in [0, 0.1) is 0 Å². The molecule has 1 spiro atoms. The van der Waals surface area contributed by atoms with Gasteiger partial charge in [0.05, 0.1) is 25.9 Å². The molecule has 4 atom stereocenters. The van der Waals surface area contributed by atoms with E-state index in [0.29, 0.717) is 25.0 Å². The highest BCUT2D eigenvalue weighted by Gasteiger charge is 2.53. The van der Waals surface area contributed by atoms with E-state index in [1.807, 2.05) is 12.1 Å². The van der Waals surface area contributed by atoms with Crippen molar-refractivity contribution in [1.29, 1.82) is 0 Å². The molecule has 2 heterocycles. The summed E-state index contributed by atoms with van der Waals surface area (Å²) < 4.78 is 17.1. The minimum atomic E-state index is -1.38. The summed E-state index contributed by atoms with van der Waals surface area (Å²) >= 11 is 0. The summed E-state index contributed by atoms with van der Waals surface area (Å²) in [7, 11) is 1.60. The average molecular weight is 310 g/mol. The molecular weight excluding hydrogens is 288 g/mol. The first-order valence-corrected chi connectivity index (χ1v) is 7.57. The Bertz CT molecular complexity index is 533. The van der Waals surface area contributed by atoms with Crippen LogP contribution in [0.5, 0.6) is 5.75 Å². The van der Waals surface area contributed by atoms with Crippen LogP contribution in [0.15, 0.2) is 18.2 Å². The molecule has 6 heteroatoms. The number of rotatable bonds is 3. The summed E-state index contributed by atoms with van der Waals surface area (Å²) in [6.07, 6.45) is -1.14. The van der Waals surface area contributed by atoms with Crippen molar-refractivity contribution < 1.29 is 29.5 Å². The fourth-order valence-electron chi connectivity index (χ4n) is 3.31. The van der Waals surface area contributed by atoms with Gasteiger partial charge >= 0.3 is 0 Å². The van der Waals surface area contributed by atoms with E-state index < -0.39 is 18.0 Å². The van der Waals surface area contributed by atoms with Crippen LogP contribution in [0.2, 0.25) is 0 Å². The Hall–Kier alpha value is -1.18. The van der Waals surface area contributed by atoms with Gasteiger partial charge in [-0.1, -0.05) is 0 Å². The third-order valence-corrected chi connectivity index (χ3v) is 4.43. The SMILES string of the molecule is COc1ccc2c(c1)CCO[C@]21O[C@H](CCO)C[C@H](O)[C@H]1O. The van der Waals surface area contributed by atoms with Gasteiger partial charge in [-0.3, -0.25) is 0 Å². The van der Waals surface area contributed by atoms with E-state index in [0.717, 1.165) is 11.3 Å². The predicted octanol–water partition coefficient (Wildman–Crippen LogP) is 0.314. The van der Waals surface area contributed by atoms with Crippen LogP contribution in [0.25, 0.3) is 0 Å². The lowest BCUT2D eigenvalue weighted by atomic mass is 9.84. The van der Waals surface area contributed by atoms with E-state index in [1.54, 1.807) is 13.2 Å². The first-order chi connectivity index (χ1) is 10.6. The average Bonchev–Trinajstić information content (AvgIpc) is 2.52. The van der Waals surface area contributed by atoms with E-state index in [9.17, 15) is 10.2 Å². The van der Waals surface area contributed by atoms with Gasteiger partial charge in [-0.15, -0.1) is 0 Å². The van der Waals surface area contributed by atoms with E-state index in [2.05, 4.69) is 0 Å². The number of ether oxygens (including phenoxy) is 3. The topological polar surface area (TPSA) is 88.4 Å². The highest BCUT2D eigenvalue weighted by Crippen LogP contribution is 2.44. The molecule has 0 radical (unpaired) electrons. The molecule has 2 aliphatic heterocycles. The zero-order valence-electron chi connectivity index (χ0n) is 12.6. The molecular formula is C16H22O6. The number of fused-ring (bicyclic) bond motifs is 2. The monoisotopic (exact) mass is 310 g/mol. The first kappa shape index (κ1) is 15.7. The maximum absolute atomic E-state index is 10.5. The molecule has 1 fully saturated rings. The fraction of sp³-hybridized carbons (Fsp3) is 0.625. The lowest BCUT2D eigenvalue weighted by Crippen LogP contribution is -2.59. The molecule has 0 bridgehead atoms. The molecule has 3 rings (SSSR count). The molecule has 22 heavy (non-hydrogen) atoms. The molecule has 0 aromatic heterocycles. The Morgan fingerprint density at radius 1 is 1.36 bits per heavy atom. The Kier molecular flexibility index (Phi) is 4.38. The minimum Gasteiger partial charge on any atom is -0.497 e. The summed E-state index contributed by atoms with van der Waals surface area (Å²) in [6.45, 7) is 0.342. The lowest BCUT2D eigenvalue weighted by molar-refractivity contribution is -0.355. The van der Waals surface area contributed by atoms with Crippen LogP contribution < -0.4 is 4.74 Å². The Balaban J connectivity index is 2.01. The molecule has 0 saturated carbocycles. The molecule has 1 aromatic carbocycles. The van der Waals surface area contributed by atoms with E-state index in [1.165, 1.54) is 0 Å². The molecule has 1 aromatic rings. The quantitative estimate of drug-likeness (QED) is 0.745. The second kappa shape index (κ2) is 6.14. The lowest BCUT2D eigenvalue weighted by Gasteiger charge is -2.48. The van der Waals surface area contributed by atoms with Crippen molar-refractivity contribution in [1.82, 2.24) is 0 Å². The molecule has 2 aliphatic rings. The summed E-state index contributed by atoms with van der Waals surface area (Å²) in [4.78, 5) is 0. The van der Waals surface area contributed by atoms with Gasteiger partial charge in [0.15, 0.2) is 0 Å².